The Morgan fingerprint density at radius 3 is 2.62 bits per heavy atom. The molecular weight excluding hydrogens is 204 g/mol. The Balaban J connectivity index is 2.96. The molecule has 0 amide bonds. The van der Waals surface area contributed by atoms with Gasteiger partial charge >= 0.3 is 0 Å². The van der Waals surface area contributed by atoms with Crippen LogP contribution in [0, 0.1) is 11.3 Å². The first kappa shape index (κ1) is 12.0. The molecule has 0 spiro atoms. The Hall–Kier alpha value is -2.03. The van der Waals surface area contributed by atoms with Gasteiger partial charge in [0.25, 0.3) is 0 Å². The summed E-state index contributed by atoms with van der Waals surface area (Å²) >= 11 is 0. The van der Waals surface area contributed by atoms with E-state index in [1.165, 1.54) is 0 Å². The molecule has 0 saturated carbocycles. The van der Waals surface area contributed by atoms with Crippen LogP contribution in [-0.2, 0) is 0 Å². The van der Waals surface area contributed by atoms with Gasteiger partial charge in [0.1, 0.15) is 11.6 Å². The molecule has 86 valence electrons. The second-order valence-electron chi connectivity index (χ2n) is 3.70. The van der Waals surface area contributed by atoms with Crippen molar-refractivity contribution in [1.29, 1.82) is 5.26 Å². The third-order valence-electron chi connectivity index (χ3n) is 2.13. The Bertz CT molecular complexity index is 375. The molecule has 0 aromatic carbocycles. The molecular formula is C10H16N6. The number of hydrogen-bond acceptors (Lipinski definition) is 6. The van der Waals surface area contributed by atoms with Crippen LogP contribution in [-0.4, -0.2) is 22.6 Å². The Labute approximate surface area is 94.9 Å². The van der Waals surface area contributed by atoms with Crippen molar-refractivity contribution in [3.8, 4) is 6.07 Å². The van der Waals surface area contributed by atoms with E-state index in [1.54, 1.807) is 6.07 Å². The van der Waals surface area contributed by atoms with E-state index in [1.807, 2.05) is 18.7 Å². The number of nitrogen functional groups attached to an aromatic ring is 2. The van der Waals surface area contributed by atoms with Crippen molar-refractivity contribution >= 4 is 17.6 Å². The predicted octanol–water partition coefficient (Wildman–Crippen LogP) is 0.769. The molecule has 16 heavy (non-hydrogen) atoms. The molecule has 1 rings (SSSR count). The van der Waals surface area contributed by atoms with Crippen molar-refractivity contribution in [2.24, 2.45) is 0 Å². The third kappa shape index (κ3) is 2.98. The van der Waals surface area contributed by atoms with Gasteiger partial charge in [-0.3, -0.25) is 0 Å². The maximum Gasteiger partial charge on any atom is 0.223 e. The minimum atomic E-state index is 0.151. The molecule has 0 unspecified atom stereocenters. The van der Waals surface area contributed by atoms with Crippen molar-refractivity contribution in [3.63, 3.8) is 0 Å². The van der Waals surface area contributed by atoms with Gasteiger partial charge < -0.3 is 16.4 Å². The summed E-state index contributed by atoms with van der Waals surface area (Å²) < 4.78 is 0. The first-order chi connectivity index (χ1) is 7.54. The van der Waals surface area contributed by atoms with E-state index in [0.29, 0.717) is 24.6 Å². The second kappa shape index (κ2) is 5.16. The molecule has 6 heteroatoms. The molecule has 0 aliphatic heterocycles. The van der Waals surface area contributed by atoms with Crippen LogP contribution >= 0.6 is 0 Å². The molecule has 0 fully saturated rings. The van der Waals surface area contributed by atoms with E-state index in [-0.39, 0.29) is 12.0 Å². The first-order valence-electron chi connectivity index (χ1n) is 5.08. The van der Waals surface area contributed by atoms with Gasteiger partial charge in [0.2, 0.25) is 5.95 Å². The van der Waals surface area contributed by atoms with Crippen molar-refractivity contribution in [2.75, 3.05) is 22.9 Å². The van der Waals surface area contributed by atoms with Crippen LogP contribution in [0.2, 0.25) is 0 Å². The molecule has 0 radical (unpaired) electrons. The van der Waals surface area contributed by atoms with Crippen LogP contribution < -0.4 is 16.4 Å². The normalized spacial score (nSPS) is 10.1. The van der Waals surface area contributed by atoms with E-state index in [4.69, 9.17) is 16.7 Å². The summed E-state index contributed by atoms with van der Waals surface area (Å²) in [5.74, 6) is 1.15. The maximum absolute atomic E-state index is 8.59. The smallest absolute Gasteiger partial charge is 0.223 e. The summed E-state index contributed by atoms with van der Waals surface area (Å²) in [6, 6.07) is 3.99. The number of anilines is 3. The number of hydrogen-bond donors (Lipinski definition) is 2. The van der Waals surface area contributed by atoms with Gasteiger partial charge in [-0.2, -0.15) is 15.2 Å². The standard InChI is InChI=1S/C10H16N6/c1-7(2)16(5-3-4-11)9-6-8(12)14-10(13)15-9/h6-7H,3,5H2,1-2H3,(H4,12,13,14,15). The summed E-state index contributed by atoms with van der Waals surface area (Å²) in [6.07, 6.45) is 0.433. The molecule has 4 N–H and O–H groups in total. The van der Waals surface area contributed by atoms with E-state index in [9.17, 15) is 0 Å². The van der Waals surface area contributed by atoms with Crippen LogP contribution in [0.15, 0.2) is 6.07 Å². The highest BCUT2D eigenvalue weighted by atomic mass is 15.2. The Morgan fingerprint density at radius 2 is 2.12 bits per heavy atom. The average Bonchev–Trinajstić information content (AvgIpc) is 2.16. The van der Waals surface area contributed by atoms with Gasteiger partial charge in [-0.25, -0.2) is 0 Å². The lowest BCUT2D eigenvalue weighted by molar-refractivity contribution is 0.677. The highest BCUT2D eigenvalue weighted by molar-refractivity contribution is 5.50. The topological polar surface area (TPSA) is 105 Å². The van der Waals surface area contributed by atoms with Crippen LogP contribution in [0.5, 0.6) is 0 Å². The molecule has 0 bridgehead atoms. The van der Waals surface area contributed by atoms with Crippen molar-refractivity contribution in [1.82, 2.24) is 9.97 Å². The molecule has 1 heterocycles. The number of rotatable bonds is 4. The summed E-state index contributed by atoms with van der Waals surface area (Å²) in [5, 5.41) is 8.59. The lowest BCUT2D eigenvalue weighted by Gasteiger charge is -2.27. The lowest BCUT2D eigenvalue weighted by Crippen LogP contribution is -2.32. The fourth-order valence-electron chi connectivity index (χ4n) is 1.43. The number of nitriles is 1. The monoisotopic (exact) mass is 220 g/mol. The predicted molar refractivity (Wildman–Crippen MR) is 63.6 cm³/mol. The zero-order chi connectivity index (χ0) is 12.1. The highest BCUT2D eigenvalue weighted by Crippen LogP contribution is 2.17. The molecule has 1 aromatic heterocycles. The average molecular weight is 220 g/mol. The maximum atomic E-state index is 8.59. The van der Waals surface area contributed by atoms with Gasteiger partial charge in [0, 0.05) is 18.7 Å². The molecule has 0 aliphatic rings. The molecule has 0 atom stereocenters. The zero-order valence-corrected chi connectivity index (χ0v) is 9.51. The summed E-state index contributed by atoms with van der Waals surface area (Å²) in [5.41, 5.74) is 11.1. The van der Waals surface area contributed by atoms with Gasteiger partial charge in [-0.15, -0.1) is 0 Å². The zero-order valence-electron chi connectivity index (χ0n) is 9.51. The van der Waals surface area contributed by atoms with E-state index >= 15 is 0 Å². The molecule has 6 nitrogen and oxygen atoms in total. The highest BCUT2D eigenvalue weighted by Gasteiger charge is 2.13. The van der Waals surface area contributed by atoms with E-state index in [0.717, 1.165) is 0 Å². The molecule has 1 aromatic rings. The first-order valence-corrected chi connectivity index (χ1v) is 5.08. The fraction of sp³-hybridized carbons (Fsp3) is 0.500. The summed E-state index contributed by atoms with van der Waals surface area (Å²) in [4.78, 5) is 9.89. The minimum absolute atomic E-state index is 0.151. The Kier molecular flexibility index (Phi) is 3.89. The van der Waals surface area contributed by atoms with E-state index < -0.39 is 0 Å². The van der Waals surface area contributed by atoms with Crippen LogP contribution in [0.25, 0.3) is 0 Å². The van der Waals surface area contributed by atoms with Crippen LogP contribution in [0.1, 0.15) is 20.3 Å². The molecule has 0 saturated heterocycles. The number of nitrogens with two attached hydrogens (primary N) is 2. The Morgan fingerprint density at radius 1 is 1.44 bits per heavy atom. The summed E-state index contributed by atoms with van der Waals surface area (Å²) in [6.45, 7) is 4.64. The number of aromatic nitrogens is 2. The van der Waals surface area contributed by atoms with Gasteiger partial charge in [0.15, 0.2) is 0 Å². The van der Waals surface area contributed by atoms with Gasteiger partial charge in [0.05, 0.1) is 12.5 Å². The van der Waals surface area contributed by atoms with Crippen LogP contribution in [0.3, 0.4) is 0 Å². The largest absolute Gasteiger partial charge is 0.383 e. The molecule has 0 aliphatic carbocycles. The van der Waals surface area contributed by atoms with Gasteiger partial charge in [-0.05, 0) is 13.8 Å². The lowest BCUT2D eigenvalue weighted by atomic mass is 10.3. The quantitative estimate of drug-likeness (QED) is 0.776. The SMILES string of the molecule is CC(C)N(CCC#N)c1cc(N)nc(N)n1. The van der Waals surface area contributed by atoms with Crippen LogP contribution in [0.4, 0.5) is 17.6 Å². The van der Waals surface area contributed by atoms with Crippen molar-refractivity contribution < 1.29 is 0 Å². The minimum Gasteiger partial charge on any atom is -0.383 e. The third-order valence-corrected chi connectivity index (χ3v) is 2.13. The fourth-order valence-corrected chi connectivity index (χ4v) is 1.43. The van der Waals surface area contributed by atoms with Crippen molar-refractivity contribution in [3.05, 3.63) is 6.07 Å². The van der Waals surface area contributed by atoms with Crippen molar-refractivity contribution in [2.45, 2.75) is 26.3 Å². The summed E-state index contributed by atoms with van der Waals surface area (Å²) in [7, 11) is 0. The van der Waals surface area contributed by atoms with Gasteiger partial charge in [-0.1, -0.05) is 0 Å². The van der Waals surface area contributed by atoms with E-state index in [2.05, 4.69) is 16.0 Å². The number of nitrogens with zero attached hydrogens (tertiary/aromatic N) is 4. The second-order valence-corrected chi connectivity index (χ2v) is 3.70.